The van der Waals surface area contributed by atoms with E-state index in [1.54, 1.807) is 13.2 Å². The van der Waals surface area contributed by atoms with Crippen LogP contribution in [-0.2, 0) is 20.9 Å². The molecule has 0 aliphatic rings. The van der Waals surface area contributed by atoms with Gasteiger partial charge in [0.2, 0.25) is 11.8 Å². The van der Waals surface area contributed by atoms with E-state index in [1.165, 1.54) is 18.0 Å². The molecular formula is C11H19N5O3. The number of carbonyl (C=O) groups is 2. The Labute approximate surface area is 111 Å². The van der Waals surface area contributed by atoms with Crippen molar-refractivity contribution in [1.29, 1.82) is 0 Å². The van der Waals surface area contributed by atoms with Crippen LogP contribution in [0, 0.1) is 0 Å². The van der Waals surface area contributed by atoms with Crippen LogP contribution in [0.1, 0.15) is 6.42 Å². The molecule has 1 heterocycles. The second-order valence-electron chi connectivity index (χ2n) is 3.95. The Balaban J connectivity index is 2.49. The molecule has 0 fully saturated rings. The largest absolute Gasteiger partial charge is 0.380 e. The lowest BCUT2D eigenvalue weighted by Gasteiger charge is -2.11. The van der Waals surface area contributed by atoms with Crippen LogP contribution < -0.4 is 16.4 Å². The topological polar surface area (TPSA) is 111 Å². The Bertz CT molecular complexity index is 428. The molecule has 1 aromatic rings. The van der Waals surface area contributed by atoms with Crippen molar-refractivity contribution in [2.75, 3.05) is 26.0 Å². The van der Waals surface area contributed by atoms with E-state index in [9.17, 15) is 9.59 Å². The standard InChI is InChI=1S/C11H19N5O3/c1-13-11(18)7-16-6-8(5-14-16)15-10(17)3-9(4-12)19-2/h5-6,9H,3-4,7,12H2,1-2H3,(H,13,18)(H,15,17). The number of amides is 2. The summed E-state index contributed by atoms with van der Waals surface area (Å²) in [5, 5.41) is 9.11. The van der Waals surface area contributed by atoms with Crippen molar-refractivity contribution in [3.05, 3.63) is 12.4 Å². The van der Waals surface area contributed by atoms with Gasteiger partial charge in [0, 0.05) is 26.9 Å². The third kappa shape index (κ3) is 5.06. The van der Waals surface area contributed by atoms with E-state index in [1.807, 2.05) is 0 Å². The number of rotatable bonds is 7. The lowest BCUT2D eigenvalue weighted by Crippen LogP contribution is -2.28. The van der Waals surface area contributed by atoms with E-state index in [2.05, 4.69) is 15.7 Å². The summed E-state index contributed by atoms with van der Waals surface area (Å²) in [6.45, 7) is 0.385. The highest BCUT2D eigenvalue weighted by Gasteiger charge is 2.12. The molecule has 8 heteroatoms. The molecule has 0 saturated heterocycles. The van der Waals surface area contributed by atoms with Crippen molar-refractivity contribution in [3.63, 3.8) is 0 Å². The zero-order chi connectivity index (χ0) is 14.3. The number of anilines is 1. The maximum absolute atomic E-state index is 11.7. The van der Waals surface area contributed by atoms with E-state index in [-0.39, 0.29) is 37.4 Å². The molecule has 0 aliphatic carbocycles. The van der Waals surface area contributed by atoms with Crippen molar-refractivity contribution < 1.29 is 14.3 Å². The summed E-state index contributed by atoms with van der Waals surface area (Å²) in [5.41, 5.74) is 5.96. The van der Waals surface area contributed by atoms with Gasteiger partial charge in [-0.3, -0.25) is 14.3 Å². The molecule has 0 spiro atoms. The third-order valence-corrected chi connectivity index (χ3v) is 2.51. The number of nitrogens with two attached hydrogens (primary N) is 1. The number of nitrogens with zero attached hydrogens (tertiary/aromatic N) is 2. The molecule has 4 N–H and O–H groups in total. The highest BCUT2D eigenvalue weighted by atomic mass is 16.5. The minimum absolute atomic E-state index is 0.107. The first-order valence-electron chi connectivity index (χ1n) is 5.84. The smallest absolute Gasteiger partial charge is 0.241 e. The van der Waals surface area contributed by atoms with Gasteiger partial charge in [-0.25, -0.2) is 0 Å². The first-order chi connectivity index (χ1) is 9.08. The normalized spacial score (nSPS) is 11.9. The van der Waals surface area contributed by atoms with Crippen LogP contribution in [0.25, 0.3) is 0 Å². The molecule has 8 nitrogen and oxygen atoms in total. The van der Waals surface area contributed by atoms with Crippen LogP contribution in [-0.4, -0.2) is 48.4 Å². The quantitative estimate of drug-likeness (QED) is 0.583. The van der Waals surface area contributed by atoms with Gasteiger partial charge in [-0.15, -0.1) is 0 Å². The predicted octanol–water partition coefficient (Wildman–Crippen LogP) is -1.07. The van der Waals surface area contributed by atoms with E-state index in [0.717, 1.165) is 0 Å². The van der Waals surface area contributed by atoms with Gasteiger partial charge in [0.05, 0.1) is 24.4 Å². The van der Waals surface area contributed by atoms with Gasteiger partial charge >= 0.3 is 0 Å². The maximum Gasteiger partial charge on any atom is 0.241 e. The van der Waals surface area contributed by atoms with Gasteiger partial charge < -0.3 is 21.1 Å². The molecule has 106 valence electrons. The Morgan fingerprint density at radius 2 is 2.26 bits per heavy atom. The molecule has 2 amide bonds. The number of hydrogen-bond donors (Lipinski definition) is 3. The Kier molecular flexibility index (Phi) is 5.97. The summed E-state index contributed by atoms with van der Waals surface area (Å²) in [7, 11) is 3.05. The fraction of sp³-hybridized carbons (Fsp3) is 0.545. The zero-order valence-electron chi connectivity index (χ0n) is 11.0. The monoisotopic (exact) mass is 269 g/mol. The van der Waals surface area contributed by atoms with Crippen LogP contribution in [0.2, 0.25) is 0 Å². The van der Waals surface area contributed by atoms with Gasteiger partial charge in [0.25, 0.3) is 0 Å². The van der Waals surface area contributed by atoms with Gasteiger partial charge in [-0.05, 0) is 0 Å². The van der Waals surface area contributed by atoms with Crippen molar-refractivity contribution in [1.82, 2.24) is 15.1 Å². The zero-order valence-corrected chi connectivity index (χ0v) is 11.0. The van der Waals surface area contributed by atoms with Crippen LogP contribution >= 0.6 is 0 Å². The number of ether oxygens (including phenoxy) is 1. The summed E-state index contributed by atoms with van der Waals surface area (Å²) in [6, 6.07) is 0. The third-order valence-electron chi connectivity index (χ3n) is 2.51. The number of likely N-dealkylation sites (N-methyl/N-ethyl adjacent to an activating group) is 1. The second-order valence-corrected chi connectivity index (χ2v) is 3.95. The number of aromatic nitrogens is 2. The fourth-order valence-corrected chi connectivity index (χ4v) is 1.42. The summed E-state index contributed by atoms with van der Waals surface area (Å²) in [6.07, 6.45) is 2.93. The predicted molar refractivity (Wildman–Crippen MR) is 69.4 cm³/mol. The SMILES string of the molecule is CNC(=O)Cn1cc(NC(=O)CC(CN)OC)cn1. The lowest BCUT2D eigenvalue weighted by atomic mass is 10.2. The van der Waals surface area contributed by atoms with Crippen molar-refractivity contribution in [2.45, 2.75) is 19.1 Å². The van der Waals surface area contributed by atoms with Crippen molar-refractivity contribution in [3.8, 4) is 0 Å². The van der Waals surface area contributed by atoms with Crippen LogP contribution in [0.4, 0.5) is 5.69 Å². The first kappa shape index (κ1) is 15.1. The van der Waals surface area contributed by atoms with E-state index < -0.39 is 0 Å². The minimum atomic E-state index is -0.305. The first-order valence-corrected chi connectivity index (χ1v) is 5.84. The minimum Gasteiger partial charge on any atom is -0.380 e. The number of methoxy groups -OCH3 is 1. The van der Waals surface area contributed by atoms with Crippen LogP contribution in [0.15, 0.2) is 12.4 Å². The highest BCUT2D eigenvalue weighted by molar-refractivity contribution is 5.90. The maximum atomic E-state index is 11.7. The molecular weight excluding hydrogens is 250 g/mol. The molecule has 0 bridgehead atoms. The van der Waals surface area contributed by atoms with Gasteiger partial charge in [0.15, 0.2) is 0 Å². The summed E-state index contributed by atoms with van der Waals surface area (Å²) >= 11 is 0. The average Bonchev–Trinajstić information content (AvgIpc) is 2.82. The van der Waals surface area contributed by atoms with E-state index in [0.29, 0.717) is 5.69 Å². The number of carbonyl (C=O) groups excluding carboxylic acids is 2. The summed E-state index contributed by atoms with van der Waals surface area (Å²) in [4.78, 5) is 22.8. The number of hydrogen-bond acceptors (Lipinski definition) is 5. The van der Waals surface area contributed by atoms with Crippen LogP contribution in [0.5, 0.6) is 0 Å². The van der Waals surface area contributed by atoms with Crippen LogP contribution in [0.3, 0.4) is 0 Å². The van der Waals surface area contributed by atoms with E-state index >= 15 is 0 Å². The van der Waals surface area contributed by atoms with Gasteiger partial charge in [-0.1, -0.05) is 0 Å². The summed E-state index contributed by atoms with van der Waals surface area (Å²) < 4.78 is 6.46. The fourth-order valence-electron chi connectivity index (χ4n) is 1.42. The molecule has 0 radical (unpaired) electrons. The van der Waals surface area contributed by atoms with E-state index in [4.69, 9.17) is 10.5 Å². The van der Waals surface area contributed by atoms with Crippen molar-refractivity contribution >= 4 is 17.5 Å². The molecule has 0 saturated carbocycles. The highest BCUT2D eigenvalue weighted by Crippen LogP contribution is 2.06. The molecule has 1 aromatic heterocycles. The second kappa shape index (κ2) is 7.49. The molecule has 1 unspecified atom stereocenters. The van der Waals surface area contributed by atoms with Gasteiger partial charge in [0.1, 0.15) is 6.54 Å². The molecule has 1 rings (SSSR count). The average molecular weight is 269 g/mol. The van der Waals surface area contributed by atoms with Crippen molar-refractivity contribution in [2.24, 2.45) is 5.73 Å². The Morgan fingerprint density at radius 3 is 2.84 bits per heavy atom. The number of nitrogens with one attached hydrogen (secondary N) is 2. The van der Waals surface area contributed by atoms with Gasteiger partial charge in [-0.2, -0.15) is 5.10 Å². The molecule has 0 aliphatic heterocycles. The molecule has 1 atom stereocenters. The molecule has 0 aromatic carbocycles. The Morgan fingerprint density at radius 1 is 1.53 bits per heavy atom. The molecule has 19 heavy (non-hydrogen) atoms. The lowest BCUT2D eigenvalue weighted by molar-refractivity contribution is -0.121. The Hall–Kier alpha value is -1.93. The summed E-state index contributed by atoms with van der Waals surface area (Å²) in [5.74, 6) is -0.375.